The van der Waals surface area contributed by atoms with E-state index in [1.807, 2.05) is 23.1 Å². The molecule has 0 bridgehead atoms. The van der Waals surface area contributed by atoms with Crippen LogP contribution in [0.3, 0.4) is 0 Å². The first-order chi connectivity index (χ1) is 35.2. The Balaban J connectivity index is 0.926. The summed E-state index contributed by atoms with van der Waals surface area (Å²) >= 11 is 3.75. The van der Waals surface area contributed by atoms with Crippen molar-refractivity contribution in [1.29, 1.82) is 0 Å². The lowest BCUT2D eigenvalue weighted by Gasteiger charge is -2.40. The molecule has 0 radical (unpaired) electrons. The van der Waals surface area contributed by atoms with Crippen LogP contribution in [0.4, 0.5) is 34.1 Å². The molecule has 0 fully saturated rings. The fraction of sp³-hybridized carbons (Fsp3) is 0.0149. The largest absolute Gasteiger partial charge is 0.310 e. The SMILES string of the molecule is c1ccc(-c2ccc(N(c3ccc(-c4ccccc4)cc3)c3cccc4sc5cc(N(c6ccccc6)c6ccc7c(c6)C6(c8ccccc8S7)c7ccccc7-c7ccccc76)ccc5c34)cc2)cc1. The number of para-hydroxylation sites is 1. The minimum absolute atomic E-state index is 0.468. The van der Waals surface area contributed by atoms with Gasteiger partial charge in [0.25, 0.3) is 0 Å². The van der Waals surface area contributed by atoms with Gasteiger partial charge >= 0.3 is 0 Å². The highest BCUT2D eigenvalue weighted by Crippen LogP contribution is 2.63. The Morgan fingerprint density at radius 3 is 1.41 bits per heavy atom. The normalized spacial score (nSPS) is 12.8. The molecule has 14 rings (SSSR count). The molecule has 11 aromatic carbocycles. The van der Waals surface area contributed by atoms with E-state index in [0.717, 1.165) is 34.1 Å². The van der Waals surface area contributed by atoms with E-state index in [4.69, 9.17) is 0 Å². The molecule has 0 saturated carbocycles. The number of hydrogen-bond acceptors (Lipinski definition) is 4. The van der Waals surface area contributed by atoms with Gasteiger partial charge in [-0.2, -0.15) is 0 Å². The molecule has 0 amide bonds. The minimum Gasteiger partial charge on any atom is -0.310 e. The molecule has 0 N–H and O–H groups in total. The summed E-state index contributed by atoms with van der Waals surface area (Å²) in [7, 11) is 0. The maximum atomic E-state index is 2.49. The Labute approximate surface area is 422 Å². The second kappa shape index (κ2) is 16.9. The molecule has 334 valence electrons. The lowest BCUT2D eigenvalue weighted by atomic mass is 9.67. The van der Waals surface area contributed by atoms with Gasteiger partial charge in [-0.05, 0) is 141 Å². The number of benzene rings is 11. The summed E-state index contributed by atoms with van der Waals surface area (Å²) in [6.45, 7) is 0. The third-order valence-electron chi connectivity index (χ3n) is 14.5. The Kier molecular flexibility index (Phi) is 9.90. The monoisotopic (exact) mass is 940 g/mol. The third kappa shape index (κ3) is 6.71. The van der Waals surface area contributed by atoms with Gasteiger partial charge in [0.2, 0.25) is 0 Å². The summed E-state index contributed by atoms with van der Waals surface area (Å²) in [5.41, 5.74) is 19.0. The summed E-state index contributed by atoms with van der Waals surface area (Å²) in [6, 6.07) is 98.4. The van der Waals surface area contributed by atoms with Gasteiger partial charge in [-0.25, -0.2) is 0 Å². The number of hydrogen-bond donors (Lipinski definition) is 0. The highest BCUT2D eigenvalue weighted by molar-refractivity contribution is 7.99. The summed E-state index contributed by atoms with van der Waals surface area (Å²) in [6.07, 6.45) is 0. The molecular formula is C67H44N2S2. The summed E-state index contributed by atoms with van der Waals surface area (Å²) in [5, 5.41) is 2.48. The molecular weight excluding hydrogens is 897 g/mol. The number of anilines is 6. The van der Waals surface area contributed by atoms with Crippen molar-refractivity contribution in [2.75, 3.05) is 9.80 Å². The smallest absolute Gasteiger partial charge is 0.0736 e. The molecule has 1 aliphatic heterocycles. The molecule has 1 spiro atoms. The van der Waals surface area contributed by atoms with Crippen LogP contribution in [-0.4, -0.2) is 0 Å². The quantitative estimate of drug-likeness (QED) is 0.150. The summed E-state index contributed by atoms with van der Waals surface area (Å²) in [5.74, 6) is 0. The molecule has 12 aromatic rings. The van der Waals surface area contributed by atoms with E-state index in [0.29, 0.717) is 0 Å². The Morgan fingerprint density at radius 1 is 0.296 bits per heavy atom. The first-order valence-corrected chi connectivity index (χ1v) is 25.9. The standard InChI is InChI=1S/C67H44N2S2/c1-4-17-45(18-5-1)47-31-35-50(36-32-47)69(51-37-33-48(34-38-51)46-19-6-2-7-20-46)61-28-16-30-64-66(61)56-41-39-53(44-65(56)71-64)68(49-21-8-3-9-22-49)52-40-42-63-60(43-52)67(59-27-14-15-29-62(59)70-63)57-25-12-10-23-54(57)55-24-11-13-26-58(55)67/h1-44H. The van der Waals surface area contributed by atoms with Crippen LogP contribution in [0.25, 0.3) is 53.6 Å². The topological polar surface area (TPSA) is 6.48 Å². The fourth-order valence-electron chi connectivity index (χ4n) is 11.4. The van der Waals surface area contributed by atoms with Crippen molar-refractivity contribution in [1.82, 2.24) is 0 Å². The highest BCUT2D eigenvalue weighted by Gasteiger charge is 2.50. The molecule has 0 saturated heterocycles. The van der Waals surface area contributed by atoms with Crippen LogP contribution in [0.15, 0.2) is 277 Å². The van der Waals surface area contributed by atoms with E-state index in [9.17, 15) is 0 Å². The predicted octanol–water partition coefficient (Wildman–Crippen LogP) is 19.2. The zero-order chi connectivity index (χ0) is 46.9. The van der Waals surface area contributed by atoms with Crippen molar-refractivity contribution in [3.63, 3.8) is 0 Å². The lowest BCUT2D eigenvalue weighted by Crippen LogP contribution is -2.32. The van der Waals surface area contributed by atoms with Crippen molar-refractivity contribution in [3.8, 4) is 33.4 Å². The maximum absolute atomic E-state index is 2.49. The summed E-state index contributed by atoms with van der Waals surface area (Å²) < 4.78 is 2.49. The molecule has 71 heavy (non-hydrogen) atoms. The zero-order valence-electron chi connectivity index (χ0n) is 38.6. The van der Waals surface area contributed by atoms with Crippen LogP contribution >= 0.6 is 23.1 Å². The first-order valence-electron chi connectivity index (χ1n) is 24.2. The van der Waals surface area contributed by atoms with Crippen molar-refractivity contribution in [2.24, 2.45) is 0 Å². The van der Waals surface area contributed by atoms with Gasteiger partial charge in [-0.1, -0.05) is 194 Å². The van der Waals surface area contributed by atoms with E-state index in [-0.39, 0.29) is 0 Å². The Morgan fingerprint density at radius 2 is 0.775 bits per heavy atom. The number of nitrogens with zero attached hydrogens (tertiary/aromatic N) is 2. The van der Waals surface area contributed by atoms with E-state index >= 15 is 0 Å². The van der Waals surface area contributed by atoms with E-state index in [2.05, 4.69) is 277 Å². The van der Waals surface area contributed by atoms with Crippen molar-refractivity contribution in [2.45, 2.75) is 15.2 Å². The zero-order valence-corrected chi connectivity index (χ0v) is 40.2. The molecule has 0 unspecified atom stereocenters. The van der Waals surface area contributed by atoms with Crippen LogP contribution in [0.2, 0.25) is 0 Å². The van der Waals surface area contributed by atoms with Crippen LogP contribution < -0.4 is 9.80 Å². The van der Waals surface area contributed by atoms with Crippen LogP contribution in [-0.2, 0) is 5.41 Å². The van der Waals surface area contributed by atoms with Crippen molar-refractivity contribution < 1.29 is 0 Å². The second-order valence-electron chi connectivity index (χ2n) is 18.4. The Hall–Kier alpha value is -8.41. The number of fused-ring (bicyclic) bond motifs is 12. The Bertz CT molecular complexity index is 3830. The van der Waals surface area contributed by atoms with Gasteiger partial charge in [0.1, 0.15) is 0 Å². The summed E-state index contributed by atoms with van der Waals surface area (Å²) in [4.78, 5) is 7.47. The van der Waals surface area contributed by atoms with E-state index in [1.54, 1.807) is 0 Å². The van der Waals surface area contributed by atoms with Gasteiger partial charge < -0.3 is 9.80 Å². The van der Waals surface area contributed by atoms with Crippen LogP contribution in [0, 0.1) is 0 Å². The van der Waals surface area contributed by atoms with Crippen LogP contribution in [0.1, 0.15) is 22.3 Å². The molecule has 0 atom stereocenters. The third-order valence-corrected chi connectivity index (χ3v) is 16.8. The van der Waals surface area contributed by atoms with Crippen molar-refractivity contribution in [3.05, 3.63) is 289 Å². The van der Waals surface area contributed by atoms with Gasteiger partial charge in [0.15, 0.2) is 0 Å². The van der Waals surface area contributed by atoms with Gasteiger partial charge in [0, 0.05) is 58.4 Å². The molecule has 4 heteroatoms. The maximum Gasteiger partial charge on any atom is 0.0736 e. The van der Waals surface area contributed by atoms with Gasteiger partial charge in [-0.3, -0.25) is 0 Å². The average Bonchev–Trinajstić information content (AvgIpc) is 3.96. The minimum atomic E-state index is -0.468. The molecule has 1 aromatic heterocycles. The fourth-order valence-corrected chi connectivity index (χ4v) is 13.8. The first kappa shape index (κ1) is 41.6. The van der Waals surface area contributed by atoms with Crippen LogP contribution in [0.5, 0.6) is 0 Å². The van der Waals surface area contributed by atoms with Crippen molar-refractivity contribution >= 4 is 77.4 Å². The van der Waals surface area contributed by atoms with E-state index < -0.39 is 5.41 Å². The molecule has 2 heterocycles. The number of rotatable bonds is 8. The lowest BCUT2D eigenvalue weighted by molar-refractivity contribution is 0.722. The predicted molar refractivity (Wildman–Crippen MR) is 301 cm³/mol. The second-order valence-corrected chi connectivity index (χ2v) is 20.6. The van der Waals surface area contributed by atoms with Gasteiger partial charge in [0.05, 0.1) is 11.1 Å². The van der Waals surface area contributed by atoms with Gasteiger partial charge in [-0.15, -0.1) is 11.3 Å². The highest BCUT2D eigenvalue weighted by atomic mass is 32.2. The van der Waals surface area contributed by atoms with E-state index in [1.165, 1.54) is 85.6 Å². The molecule has 2 nitrogen and oxygen atoms in total. The average molecular weight is 941 g/mol. The molecule has 1 aliphatic carbocycles. The number of thiophene rings is 1. The molecule has 2 aliphatic rings.